The molecule has 0 spiro atoms. The molecule has 10 heterocycles. The van der Waals surface area contributed by atoms with Crippen LogP contribution in [0, 0.1) is 0 Å². The number of hydrogen-bond donors (Lipinski definition) is 0. The summed E-state index contributed by atoms with van der Waals surface area (Å²) < 4.78 is 17.8. The smallest absolute Gasteiger partial charge is 0.223 e. The first-order chi connectivity index (χ1) is 68.9. The van der Waals surface area contributed by atoms with Crippen molar-refractivity contribution in [3.63, 3.8) is 0 Å². The van der Waals surface area contributed by atoms with E-state index in [0.29, 0.717) is 22.3 Å². The van der Waals surface area contributed by atoms with Gasteiger partial charge in [-0.25, -0.2) is 49.9 Å². The van der Waals surface area contributed by atoms with E-state index < -0.39 is 0 Å². The molecular formula is C119H71Br2Cl3N12O2S2. The van der Waals surface area contributed by atoms with Crippen molar-refractivity contribution in [1.29, 1.82) is 0 Å². The maximum absolute atomic E-state index is 6.66. The SMILES string of the molecule is Brc1cc(-c2ccccc2)cc(-c2nc(-c3ccccc3)c3sc4ccccc4c3n2)c1.Brc1cccc(N2c3ccccc3N3C=NC=NC32)c1.Clc1nc(-c2cc(-c3ccccc3)cc(-c3ccccc3)c2)c2oc3ccccc3c2n1.Clc1nc(-c2ccc3ccccc3c2)nc2sc3cc4ccccc4cc3c12.Clc1nc(-c2cccc3oc4ccccc4c23)c2ccc3ccccc3c2n1. The third-order valence-electron chi connectivity index (χ3n) is 25.0. The molecule has 21 heteroatoms. The molecule has 0 bridgehead atoms. The number of para-hydroxylation sites is 4. The van der Waals surface area contributed by atoms with Crippen molar-refractivity contribution < 1.29 is 8.83 Å². The van der Waals surface area contributed by atoms with Crippen molar-refractivity contribution in [2.45, 2.75) is 6.29 Å². The molecule has 2 aliphatic heterocycles. The standard InChI is InChI=1S/C28H17BrN2S.C28H17ClN2O.C24H13ClN2O.C24H13ClN2S.C15H11BrN4/c29-22-16-20(18-9-3-1-4-10-18)15-21(17-22)28-30-25(19-11-5-2-6-12-19)27-26(31-28)23-13-7-8-14-24(23)32-27;29-28-30-25(27-26(31-28)23-13-7-8-14-24(23)32-27)22-16-20(18-9-3-1-4-10-18)15-21(17-22)19-11-5-2-6-12-19;25-24-26-22-15-7-2-1-6-14(15)12-13-18(22)23(27-24)17-9-5-11-20-21(17)16-8-3-4-10-19(16)28-20;25-22-21-19-12-16-7-3-4-8-17(16)13-20(19)28-24(21)27-23(26-22)18-10-9-14-5-1-2-6-15(14)11-18;16-11-4-3-5-12(8-11)20-14-7-2-1-6-13(14)19-10-17-9-18-15(19)20/h2*1-17H;2*1-13H;1-10,15H. The van der Waals surface area contributed by atoms with E-state index in [2.05, 4.69) is 337 Å². The summed E-state index contributed by atoms with van der Waals surface area (Å²) in [6.07, 6.45) is 3.34. The predicted molar refractivity (Wildman–Crippen MR) is 591 cm³/mol. The van der Waals surface area contributed by atoms with Gasteiger partial charge in [0.05, 0.1) is 43.9 Å². The number of anilines is 3. The Morgan fingerprint density at radius 1 is 0.300 bits per heavy atom. The molecule has 1 atom stereocenters. The minimum Gasteiger partial charge on any atom is -0.456 e. The van der Waals surface area contributed by atoms with E-state index >= 15 is 0 Å². The number of halogens is 5. The van der Waals surface area contributed by atoms with E-state index in [0.717, 1.165) is 185 Å². The van der Waals surface area contributed by atoms with Crippen LogP contribution in [-0.2, 0) is 0 Å². The zero-order valence-electron chi connectivity index (χ0n) is 73.9. The van der Waals surface area contributed by atoms with E-state index in [4.69, 9.17) is 58.6 Å². The molecule has 28 rings (SSSR count). The summed E-state index contributed by atoms with van der Waals surface area (Å²) in [4.78, 5) is 51.8. The number of hydrogen-bond acceptors (Lipinski definition) is 16. The van der Waals surface area contributed by atoms with Gasteiger partial charge in [-0.3, -0.25) is 9.80 Å². The van der Waals surface area contributed by atoms with Crippen LogP contribution in [-0.4, -0.2) is 58.8 Å². The summed E-state index contributed by atoms with van der Waals surface area (Å²) in [5.74, 6) is 1.40. The van der Waals surface area contributed by atoms with E-state index in [-0.39, 0.29) is 16.9 Å². The average Bonchev–Trinajstić information content (AvgIpc) is 1.42. The molecule has 14 nitrogen and oxygen atoms in total. The lowest BCUT2D eigenvalue weighted by molar-refractivity contribution is 0.667. The zero-order valence-corrected chi connectivity index (χ0v) is 81.0. The number of furan rings is 2. The van der Waals surface area contributed by atoms with Crippen LogP contribution in [0.2, 0.25) is 15.7 Å². The van der Waals surface area contributed by atoms with Gasteiger partial charge in [0.2, 0.25) is 16.9 Å². The van der Waals surface area contributed by atoms with Gasteiger partial charge in [-0.05, 0) is 205 Å². The number of fused-ring (bicyclic) bond motifs is 20. The highest BCUT2D eigenvalue weighted by Crippen LogP contribution is 2.49. The van der Waals surface area contributed by atoms with E-state index in [1.165, 1.54) is 41.9 Å². The first-order valence-corrected chi connectivity index (χ1v) is 49.5. The monoisotopic (exact) mass is 2030 g/mol. The van der Waals surface area contributed by atoms with Crippen molar-refractivity contribution in [2.24, 2.45) is 9.98 Å². The second-order valence-electron chi connectivity index (χ2n) is 33.6. The van der Waals surface area contributed by atoms with Crippen LogP contribution >= 0.6 is 89.3 Å². The van der Waals surface area contributed by atoms with Crippen LogP contribution in [0.3, 0.4) is 0 Å². The first kappa shape index (κ1) is 86.9. The van der Waals surface area contributed by atoms with Crippen molar-refractivity contribution in [3.05, 3.63) is 437 Å². The fourth-order valence-corrected chi connectivity index (χ4v) is 22.4. The summed E-state index contributed by atoms with van der Waals surface area (Å²) in [7, 11) is 0. The van der Waals surface area contributed by atoms with Crippen LogP contribution in [0.25, 0.3) is 218 Å². The predicted octanol–water partition coefficient (Wildman–Crippen LogP) is 34.9. The second kappa shape index (κ2) is 37.6. The second-order valence-corrected chi connectivity index (χ2v) is 38.5. The van der Waals surface area contributed by atoms with Gasteiger partial charge < -0.3 is 8.83 Å². The van der Waals surface area contributed by atoms with Gasteiger partial charge in [0.15, 0.2) is 17.2 Å². The molecule has 140 heavy (non-hydrogen) atoms. The number of aliphatic imine (C=N–C) groups is 2. The Labute approximate surface area is 841 Å². The Kier molecular flexibility index (Phi) is 23.3. The van der Waals surface area contributed by atoms with Gasteiger partial charge in [0, 0.05) is 89.6 Å². The lowest BCUT2D eigenvalue weighted by Gasteiger charge is -2.28. The summed E-state index contributed by atoms with van der Waals surface area (Å²) in [6.45, 7) is 0. The molecule has 0 amide bonds. The topological polar surface area (TPSA) is 161 Å². The molecule has 2 aliphatic rings. The van der Waals surface area contributed by atoms with Gasteiger partial charge in [-0.15, -0.1) is 22.7 Å². The van der Waals surface area contributed by atoms with Crippen molar-refractivity contribution in [1.82, 2.24) is 39.9 Å². The highest BCUT2D eigenvalue weighted by atomic mass is 79.9. The molecule has 666 valence electrons. The molecule has 0 radical (unpaired) electrons. The average molecular weight is 2030 g/mol. The summed E-state index contributed by atoms with van der Waals surface area (Å²) >= 11 is 30.1. The Morgan fingerprint density at radius 2 is 0.850 bits per heavy atom. The van der Waals surface area contributed by atoms with Gasteiger partial charge in [-0.2, -0.15) is 0 Å². The molecule has 0 saturated carbocycles. The van der Waals surface area contributed by atoms with E-state index in [1.54, 1.807) is 29.0 Å². The number of aromatic nitrogens is 8. The van der Waals surface area contributed by atoms with Crippen molar-refractivity contribution >= 4 is 247 Å². The number of nitrogens with zero attached hydrogens (tertiary/aromatic N) is 12. The first-order valence-electron chi connectivity index (χ1n) is 45.2. The Bertz CT molecular complexity index is 9360. The normalized spacial score (nSPS) is 12.6. The molecule has 0 N–H and O–H groups in total. The molecule has 1 unspecified atom stereocenters. The molecule has 18 aromatic carbocycles. The maximum atomic E-state index is 6.66. The van der Waals surface area contributed by atoms with Gasteiger partial charge >= 0.3 is 0 Å². The highest BCUT2D eigenvalue weighted by Gasteiger charge is 2.37. The molecule has 0 aliphatic carbocycles. The molecule has 26 aromatic rings. The summed E-state index contributed by atoms with van der Waals surface area (Å²) in [6, 6.07) is 141. The van der Waals surface area contributed by atoms with Crippen LogP contribution in [0.4, 0.5) is 17.1 Å². The molecule has 0 fully saturated rings. The highest BCUT2D eigenvalue weighted by molar-refractivity contribution is 9.10. The Morgan fingerprint density at radius 3 is 1.57 bits per heavy atom. The van der Waals surface area contributed by atoms with Crippen molar-refractivity contribution in [3.8, 4) is 89.9 Å². The lowest BCUT2D eigenvalue weighted by Crippen LogP contribution is -2.40. The van der Waals surface area contributed by atoms with Crippen LogP contribution in [0.15, 0.2) is 440 Å². The molecular weight excluding hydrogens is 1960 g/mol. The van der Waals surface area contributed by atoms with Crippen LogP contribution < -0.4 is 9.80 Å². The Hall–Kier alpha value is -15.9. The minimum absolute atomic E-state index is 0.0980. The largest absolute Gasteiger partial charge is 0.456 e. The van der Waals surface area contributed by atoms with Gasteiger partial charge in [-0.1, -0.05) is 335 Å². The molecule has 8 aromatic heterocycles. The number of rotatable bonds is 9. The van der Waals surface area contributed by atoms with Crippen LogP contribution in [0.5, 0.6) is 0 Å². The zero-order chi connectivity index (χ0) is 93.8. The third-order valence-corrected chi connectivity index (χ3v) is 28.7. The fraction of sp³-hybridized carbons (Fsp3) is 0.00840. The van der Waals surface area contributed by atoms with Crippen LogP contribution in [0.1, 0.15) is 0 Å². The quantitative estimate of drug-likeness (QED) is 0.0765. The summed E-state index contributed by atoms with van der Waals surface area (Å²) in [5.41, 5.74) is 23.3. The Balaban J connectivity index is 0.0000000956. The minimum atomic E-state index is -0.0980. The van der Waals surface area contributed by atoms with Crippen molar-refractivity contribution in [2.75, 3.05) is 9.80 Å². The number of benzene rings is 18. The van der Waals surface area contributed by atoms with E-state index in [1.807, 2.05) is 158 Å². The molecule has 0 saturated heterocycles. The third kappa shape index (κ3) is 16.8. The van der Waals surface area contributed by atoms with E-state index in [9.17, 15) is 0 Å². The lowest BCUT2D eigenvalue weighted by atomic mass is 9.95. The van der Waals surface area contributed by atoms with Gasteiger partial charge in [0.1, 0.15) is 50.6 Å². The van der Waals surface area contributed by atoms with Gasteiger partial charge in [0.25, 0.3) is 0 Å². The summed E-state index contributed by atoms with van der Waals surface area (Å²) in [5, 5.41) is 15.2. The maximum Gasteiger partial charge on any atom is 0.223 e. The fourth-order valence-electron chi connectivity index (χ4n) is 18.6. The number of thiophene rings is 2.